The number of nitrogens with zero attached hydrogens (tertiary/aromatic N) is 1. The van der Waals surface area contributed by atoms with Crippen molar-refractivity contribution in [3.63, 3.8) is 0 Å². The number of ether oxygens (including phenoxy) is 2. The van der Waals surface area contributed by atoms with E-state index in [-0.39, 0.29) is 17.3 Å². The largest absolute Gasteiger partial charge is 0.482 e. The highest BCUT2D eigenvalue weighted by atomic mass is 32.2. The Morgan fingerprint density at radius 3 is 2.37 bits per heavy atom. The molecule has 1 amide bonds. The van der Waals surface area contributed by atoms with Gasteiger partial charge in [-0.05, 0) is 44.5 Å². The van der Waals surface area contributed by atoms with E-state index in [1.54, 1.807) is 24.3 Å². The van der Waals surface area contributed by atoms with Crippen LogP contribution in [0.15, 0.2) is 24.3 Å². The summed E-state index contributed by atoms with van der Waals surface area (Å²) in [5.41, 5.74) is 0.529. The molecule has 1 saturated heterocycles. The normalized spacial score (nSPS) is 19.1. The molecule has 0 spiro atoms. The van der Waals surface area contributed by atoms with Crippen LogP contribution in [0.5, 0.6) is 5.75 Å². The molecule has 9 heteroatoms. The van der Waals surface area contributed by atoms with Gasteiger partial charge in [0.25, 0.3) is 5.91 Å². The van der Waals surface area contributed by atoms with E-state index in [0.717, 1.165) is 0 Å². The molecule has 2 rings (SSSR count). The molecule has 1 aromatic carbocycles. The van der Waals surface area contributed by atoms with Crippen molar-refractivity contribution in [3.05, 3.63) is 29.8 Å². The monoisotopic (exact) mass is 397 g/mol. The van der Waals surface area contributed by atoms with E-state index < -0.39 is 40.5 Å². The summed E-state index contributed by atoms with van der Waals surface area (Å²) in [7, 11) is -1.61. The highest BCUT2D eigenvalue weighted by molar-refractivity contribution is 7.91. The lowest BCUT2D eigenvalue weighted by molar-refractivity contribution is -0.160. The molecular weight excluding hydrogens is 374 g/mol. The molecule has 1 aliphatic heterocycles. The van der Waals surface area contributed by atoms with Crippen LogP contribution >= 0.6 is 0 Å². The molecule has 148 valence electrons. The molecule has 0 N–H and O–H groups in total. The number of likely N-dealkylation sites (N-methyl/N-ethyl adjacent to an activating group) is 1. The van der Waals surface area contributed by atoms with Gasteiger partial charge in [-0.2, -0.15) is 0 Å². The molecule has 0 aliphatic carbocycles. The van der Waals surface area contributed by atoms with Crippen molar-refractivity contribution in [1.29, 1.82) is 0 Å². The first-order chi connectivity index (χ1) is 12.6. The van der Waals surface area contributed by atoms with Crippen LogP contribution in [0.4, 0.5) is 0 Å². The lowest BCUT2D eigenvalue weighted by Crippen LogP contribution is -2.44. The van der Waals surface area contributed by atoms with E-state index in [9.17, 15) is 22.8 Å². The van der Waals surface area contributed by atoms with Gasteiger partial charge in [0.1, 0.15) is 5.75 Å². The number of rotatable bonds is 7. The minimum atomic E-state index is -3.11. The van der Waals surface area contributed by atoms with Crippen molar-refractivity contribution in [2.75, 3.05) is 25.2 Å². The number of hydrogen-bond donors (Lipinski definition) is 0. The lowest BCUT2D eigenvalue weighted by Gasteiger charge is -2.26. The Morgan fingerprint density at radius 1 is 1.22 bits per heavy atom. The summed E-state index contributed by atoms with van der Waals surface area (Å²) in [4.78, 5) is 36.8. The van der Waals surface area contributed by atoms with Gasteiger partial charge in [0, 0.05) is 18.7 Å². The molecule has 0 saturated carbocycles. The fraction of sp³-hybridized carbons (Fsp3) is 0.500. The van der Waals surface area contributed by atoms with Crippen molar-refractivity contribution in [3.8, 4) is 5.75 Å². The molecule has 0 aromatic heterocycles. The van der Waals surface area contributed by atoms with Gasteiger partial charge in [-0.3, -0.25) is 9.59 Å². The summed E-state index contributed by atoms with van der Waals surface area (Å²) in [6.07, 6.45) is -0.667. The van der Waals surface area contributed by atoms with Gasteiger partial charge < -0.3 is 14.4 Å². The Kier molecular flexibility index (Phi) is 6.59. The second kappa shape index (κ2) is 8.51. The zero-order chi connectivity index (χ0) is 20.2. The van der Waals surface area contributed by atoms with Gasteiger partial charge in [0.15, 0.2) is 28.3 Å². The summed E-state index contributed by atoms with van der Waals surface area (Å²) >= 11 is 0. The van der Waals surface area contributed by atoms with Gasteiger partial charge in [-0.25, -0.2) is 13.2 Å². The molecule has 1 fully saturated rings. The number of carbonyl (C=O) groups is 3. The van der Waals surface area contributed by atoms with Gasteiger partial charge in [-0.15, -0.1) is 0 Å². The number of benzene rings is 1. The van der Waals surface area contributed by atoms with E-state index in [2.05, 4.69) is 0 Å². The third-order valence-electron chi connectivity index (χ3n) is 4.38. The van der Waals surface area contributed by atoms with Crippen LogP contribution in [0, 0.1) is 0 Å². The molecule has 1 aromatic rings. The molecule has 2 atom stereocenters. The molecular formula is C18H23NO7S. The summed E-state index contributed by atoms with van der Waals surface area (Å²) in [6, 6.07) is 5.89. The standard InChI is InChI=1S/C18H23NO7S/c1-12(20)14-4-6-16(7-5-14)25-10-17(21)26-13(2)18(22)19(3)15-8-9-27(23,24)11-15/h4-7,13,15H,8-11H2,1-3H3/t13-,15-/m0/s1. The maximum Gasteiger partial charge on any atom is 0.344 e. The number of sulfone groups is 1. The van der Waals surface area contributed by atoms with E-state index >= 15 is 0 Å². The van der Waals surface area contributed by atoms with Crippen LogP contribution in [0.3, 0.4) is 0 Å². The van der Waals surface area contributed by atoms with Crippen LogP contribution in [0.1, 0.15) is 30.6 Å². The predicted molar refractivity (Wildman–Crippen MR) is 97.3 cm³/mol. The van der Waals surface area contributed by atoms with Crippen molar-refractivity contribution in [1.82, 2.24) is 4.90 Å². The Hall–Kier alpha value is -2.42. The van der Waals surface area contributed by atoms with Crippen LogP contribution < -0.4 is 4.74 Å². The number of ketones is 1. The molecule has 1 heterocycles. The fourth-order valence-corrected chi connectivity index (χ4v) is 4.53. The van der Waals surface area contributed by atoms with Crippen LogP contribution in [-0.4, -0.2) is 68.3 Å². The average Bonchev–Trinajstić information content (AvgIpc) is 2.98. The van der Waals surface area contributed by atoms with Crippen molar-refractivity contribution >= 4 is 27.5 Å². The van der Waals surface area contributed by atoms with Crippen molar-refractivity contribution in [2.45, 2.75) is 32.4 Å². The van der Waals surface area contributed by atoms with Crippen LogP contribution in [0.25, 0.3) is 0 Å². The first-order valence-corrected chi connectivity index (χ1v) is 10.3. The van der Waals surface area contributed by atoms with E-state index in [1.807, 2.05) is 0 Å². The second-order valence-corrected chi connectivity index (χ2v) is 8.74. The fourth-order valence-electron chi connectivity index (χ4n) is 2.76. The number of Topliss-reactive ketones (excluding diaryl/α,β-unsaturated/α-hetero) is 1. The van der Waals surface area contributed by atoms with Crippen molar-refractivity contribution in [2.24, 2.45) is 0 Å². The zero-order valence-electron chi connectivity index (χ0n) is 15.5. The maximum atomic E-state index is 12.3. The van der Waals surface area contributed by atoms with E-state index in [0.29, 0.717) is 17.7 Å². The third kappa shape index (κ3) is 5.78. The van der Waals surface area contributed by atoms with Gasteiger partial charge in [0.05, 0.1) is 11.5 Å². The SMILES string of the molecule is CC(=O)c1ccc(OCC(=O)O[C@@H](C)C(=O)N(C)[C@H]2CCS(=O)(=O)C2)cc1. The van der Waals surface area contributed by atoms with E-state index in [1.165, 1.54) is 25.8 Å². The quantitative estimate of drug-likeness (QED) is 0.496. The van der Waals surface area contributed by atoms with Crippen LogP contribution in [-0.2, 0) is 24.2 Å². The molecule has 1 aliphatic rings. The molecule has 0 unspecified atom stereocenters. The Morgan fingerprint density at radius 2 is 1.85 bits per heavy atom. The number of esters is 1. The first kappa shape index (κ1) is 20.9. The van der Waals surface area contributed by atoms with Crippen LogP contribution in [0.2, 0.25) is 0 Å². The number of amides is 1. The Bertz CT molecular complexity index is 817. The number of hydrogen-bond acceptors (Lipinski definition) is 7. The topological polar surface area (TPSA) is 107 Å². The highest BCUT2D eigenvalue weighted by Gasteiger charge is 2.34. The summed E-state index contributed by atoms with van der Waals surface area (Å²) in [5.74, 6) is -0.887. The summed E-state index contributed by atoms with van der Waals surface area (Å²) < 4.78 is 33.4. The minimum absolute atomic E-state index is 0.0553. The summed E-state index contributed by atoms with van der Waals surface area (Å²) in [6.45, 7) is 2.49. The number of carbonyl (C=O) groups excluding carboxylic acids is 3. The van der Waals surface area contributed by atoms with Crippen molar-refractivity contribution < 1.29 is 32.3 Å². The third-order valence-corrected chi connectivity index (χ3v) is 6.13. The molecule has 0 bridgehead atoms. The summed E-state index contributed by atoms with van der Waals surface area (Å²) in [5, 5.41) is 0. The average molecular weight is 397 g/mol. The van der Waals surface area contributed by atoms with Gasteiger partial charge in [0.2, 0.25) is 0 Å². The van der Waals surface area contributed by atoms with Gasteiger partial charge in [-0.1, -0.05) is 0 Å². The predicted octanol–water partition coefficient (Wildman–Crippen LogP) is 0.845. The highest BCUT2D eigenvalue weighted by Crippen LogP contribution is 2.18. The van der Waals surface area contributed by atoms with E-state index in [4.69, 9.17) is 9.47 Å². The minimum Gasteiger partial charge on any atom is -0.482 e. The molecule has 27 heavy (non-hydrogen) atoms. The molecule has 0 radical (unpaired) electrons. The maximum absolute atomic E-state index is 12.3. The molecule has 8 nitrogen and oxygen atoms in total. The van der Waals surface area contributed by atoms with Gasteiger partial charge >= 0.3 is 5.97 Å². The Balaban J connectivity index is 1.82. The Labute approximate surface area is 158 Å². The second-order valence-electron chi connectivity index (χ2n) is 6.51. The zero-order valence-corrected chi connectivity index (χ0v) is 16.3. The smallest absolute Gasteiger partial charge is 0.344 e. The lowest BCUT2D eigenvalue weighted by atomic mass is 10.1. The first-order valence-electron chi connectivity index (χ1n) is 8.49.